The molecule has 0 aliphatic carbocycles. The SMILES string of the molecule is CCCCN(Cc1ccc(N2CC(CNC)OC2=O)cc1C)c1c(F)cc2c(=O)c(C(=O)O)cn(C(C)CC)c2c1OC. The van der Waals surface area contributed by atoms with Crippen LogP contribution in [0.1, 0.15) is 67.6 Å². The number of ether oxygens (including phenoxy) is 2. The molecule has 0 radical (unpaired) electrons. The van der Waals surface area contributed by atoms with Crippen molar-refractivity contribution in [2.24, 2.45) is 0 Å². The number of carboxylic acid groups (broad SMARTS) is 1. The van der Waals surface area contributed by atoms with E-state index in [-0.39, 0.29) is 29.0 Å². The molecule has 1 amide bonds. The highest BCUT2D eigenvalue weighted by atomic mass is 19.1. The summed E-state index contributed by atoms with van der Waals surface area (Å²) in [7, 11) is 3.24. The third-order valence-corrected chi connectivity index (χ3v) is 8.10. The van der Waals surface area contributed by atoms with Gasteiger partial charge in [-0.3, -0.25) is 9.69 Å². The maximum absolute atomic E-state index is 16.1. The van der Waals surface area contributed by atoms with Gasteiger partial charge in [-0.2, -0.15) is 0 Å². The van der Waals surface area contributed by atoms with E-state index in [2.05, 4.69) is 12.2 Å². The Labute approximate surface area is 251 Å². The standard InChI is InChI=1S/C32H41FN4O6/c1-7-9-12-35(16-21-10-11-22(13-19(21)3)37-17-23(15-34-5)43-32(37)41)28-26(33)14-24-27(30(28)42-6)36(20(4)8-2)18-25(29(24)38)31(39)40/h10-11,13-14,18,20,23,34H,7-9,12,15-17H2,1-6H3,(H,39,40). The number of pyridine rings is 1. The van der Waals surface area contributed by atoms with Crippen LogP contribution in [0.25, 0.3) is 10.9 Å². The lowest BCUT2D eigenvalue weighted by atomic mass is 10.0. The number of aryl methyl sites for hydroxylation is 1. The number of amides is 1. The normalized spacial score (nSPS) is 15.6. The minimum absolute atomic E-state index is 0.0386. The number of cyclic esters (lactones) is 1. The molecule has 1 saturated heterocycles. The summed E-state index contributed by atoms with van der Waals surface area (Å²) in [5.74, 6) is -1.85. The van der Waals surface area contributed by atoms with E-state index >= 15 is 4.39 Å². The number of aromatic carboxylic acids is 1. The third kappa shape index (κ3) is 6.31. The molecule has 0 bridgehead atoms. The number of nitrogens with zero attached hydrogens (tertiary/aromatic N) is 3. The summed E-state index contributed by atoms with van der Waals surface area (Å²) in [5, 5.41) is 12.7. The lowest BCUT2D eigenvalue weighted by Crippen LogP contribution is -2.29. The third-order valence-electron chi connectivity index (χ3n) is 8.10. The van der Waals surface area contributed by atoms with Gasteiger partial charge in [-0.05, 0) is 63.1 Å². The number of hydrogen-bond acceptors (Lipinski definition) is 7. The van der Waals surface area contributed by atoms with Gasteiger partial charge in [0.05, 0.1) is 24.6 Å². The number of hydrogen-bond donors (Lipinski definition) is 2. The predicted molar refractivity (Wildman–Crippen MR) is 165 cm³/mol. The molecule has 1 aliphatic rings. The maximum Gasteiger partial charge on any atom is 0.414 e. The Morgan fingerprint density at radius 2 is 2.02 bits per heavy atom. The molecule has 1 aromatic heterocycles. The number of methoxy groups -OCH3 is 1. The molecule has 2 unspecified atom stereocenters. The van der Waals surface area contributed by atoms with Gasteiger partial charge in [-0.1, -0.05) is 26.3 Å². The molecule has 1 aliphatic heterocycles. The van der Waals surface area contributed by atoms with E-state index in [9.17, 15) is 19.5 Å². The van der Waals surface area contributed by atoms with Crippen LogP contribution in [0.5, 0.6) is 5.75 Å². The smallest absolute Gasteiger partial charge is 0.414 e. The molecule has 2 N–H and O–H groups in total. The number of likely N-dealkylation sites (N-methyl/N-ethyl adjacent to an activating group) is 1. The van der Waals surface area contributed by atoms with Crippen molar-refractivity contribution in [3.05, 3.63) is 63.2 Å². The van der Waals surface area contributed by atoms with Crippen LogP contribution in [0.15, 0.2) is 35.3 Å². The second-order valence-electron chi connectivity index (χ2n) is 11.0. The summed E-state index contributed by atoms with van der Waals surface area (Å²) in [6, 6.07) is 6.68. The number of rotatable bonds is 13. The van der Waals surface area contributed by atoms with Gasteiger partial charge in [-0.25, -0.2) is 14.0 Å². The number of aromatic nitrogens is 1. The molecule has 0 spiro atoms. The average Bonchev–Trinajstić information content (AvgIpc) is 3.35. The highest BCUT2D eigenvalue weighted by Gasteiger charge is 2.32. The van der Waals surface area contributed by atoms with Crippen LogP contribution in [-0.2, 0) is 11.3 Å². The van der Waals surface area contributed by atoms with Gasteiger partial charge in [0, 0.05) is 37.6 Å². The number of unbranched alkanes of at least 4 members (excludes halogenated alkanes) is 1. The van der Waals surface area contributed by atoms with Crippen LogP contribution < -0.4 is 25.3 Å². The summed E-state index contributed by atoms with van der Waals surface area (Å²) in [6.45, 7) is 9.74. The van der Waals surface area contributed by atoms with E-state index in [0.29, 0.717) is 38.1 Å². The highest BCUT2D eigenvalue weighted by molar-refractivity contribution is 5.97. The lowest BCUT2D eigenvalue weighted by molar-refractivity contribution is 0.0694. The van der Waals surface area contributed by atoms with Gasteiger partial charge in [0.15, 0.2) is 11.6 Å². The van der Waals surface area contributed by atoms with Gasteiger partial charge in [-0.15, -0.1) is 0 Å². The van der Waals surface area contributed by atoms with Crippen LogP contribution in [0.3, 0.4) is 0 Å². The number of fused-ring (bicyclic) bond motifs is 1. The number of halogens is 1. The fourth-order valence-corrected chi connectivity index (χ4v) is 5.54. The van der Waals surface area contributed by atoms with Gasteiger partial charge >= 0.3 is 12.1 Å². The van der Waals surface area contributed by atoms with Crippen molar-refractivity contribution in [3.63, 3.8) is 0 Å². The first-order valence-corrected chi connectivity index (χ1v) is 14.7. The zero-order valence-electron chi connectivity index (χ0n) is 25.7. The van der Waals surface area contributed by atoms with E-state index < -0.39 is 28.9 Å². The van der Waals surface area contributed by atoms with Crippen LogP contribution >= 0.6 is 0 Å². The van der Waals surface area contributed by atoms with Crippen molar-refractivity contribution in [1.29, 1.82) is 0 Å². The van der Waals surface area contributed by atoms with Crippen molar-refractivity contribution in [3.8, 4) is 5.75 Å². The van der Waals surface area contributed by atoms with E-state index in [1.54, 1.807) is 9.47 Å². The molecule has 232 valence electrons. The minimum Gasteiger partial charge on any atom is -0.492 e. The molecular formula is C32H41FN4O6. The Balaban J connectivity index is 1.82. The summed E-state index contributed by atoms with van der Waals surface area (Å²) in [4.78, 5) is 41.1. The summed E-state index contributed by atoms with van der Waals surface area (Å²) >= 11 is 0. The molecule has 2 atom stereocenters. The Kier molecular flexibility index (Phi) is 9.95. The minimum atomic E-state index is -1.37. The van der Waals surface area contributed by atoms with Crippen LogP contribution in [0.4, 0.5) is 20.6 Å². The molecule has 0 saturated carbocycles. The number of carboxylic acids is 1. The summed E-state index contributed by atoms with van der Waals surface area (Å²) in [6.07, 6.45) is 3.01. The second kappa shape index (κ2) is 13.5. The van der Waals surface area contributed by atoms with E-state index in [1.807, 2.05) is 50.9 Å². The molecule has 11 heteroatoms. The largest absolute Gasteiger partial charge is 0.492 e. The van der Waals surface area contributed by atoms with Crippen LogP contribution in [0, 0.1) is 12.7 Å². The Morgan fingerprint density at radius 1 is 1.28 bits per heavy atom. The van der Waals surface area contributed by atoms with E-state index in [1.165, 1.54) is 13.3 Å². The molecule has 43 heavy (non-hydrogen) atoms. The van der Waals surface area contributed by atoms with E-state index in [4.69, 9.17) is 9.47 Å². The van der Waals surface area contributed by atoms with Gasteiger partial charge < -0.3 is 29.4 Å². The molecule has 3 aromatic rings. The first-order valence-electron chi connectivity index (χ1n) is 14.7. The van der Waals surface area contributed by atoms with Gasteiger partial charge in [0.25, 0.3) is 0 Å². The molecule has 10 nitrogen and oxygen atoms in total. The molecule has 2 heterocycles. The molecule has 2 aromatic carbocycles. The van der Waals surface area contributed by atoms with Crippen LogP contribution in [0.2, 0.25) is 0 Å². The zero-order valence-corrected chi connectivity index (χ0v) is 25.7. The first-order chi connectivity index (χ1) is 20.6. The Morgan fingerprint density at radius 3 is 2.63 bits per heavy atom. The lowest BCUT2D eigenvalue weighted by Gasteiger charge is -2.30. The maximum atomic E-state index is 16.1. The summed E-state index contributed by atoms with van der Waals surface area (Å²) < 4.78 is 29.1. The van der Waals surface area contributed by atoms with Crippen molar-refractivity contribution in [2.45, 2.75) is 65.6 Å². The first kappa shape index (κ1) is 31.8. The monoisotopic (exact) mass is 596 g/mol. The van der Waals surface area contributed by atoms with Gasteiger partial charge in [0.1, 0.15) is 17.4 Å². The average molecular weight is 597 g/mol. The number of benzene rings is 2. The highest BCUT2D eigenvalue weighted by Crippen LogP contribution is 2.40. The predicted octanol–water partition coefficient (Wildman–Crippen LogP) is 5.48. The fourth-order valence-electron chi connectivity index (χ4n) is 5.54. The van der Waals surface area contributed by atoms with Crippen molar-refractivity contribution >= 4 is 34.3 Å². The van der Waals surface area contributed by atoms with Crippen molar-refractivity contribution in [1.82, 2.24) is 9.88 Å². The number of carbonyl (C=O) groups excluding carboxylic acids is 1. The summed E-state index contributed by atoms with van der Waals surface area (Å²) in [5.41, 5.74) is 1.98. The molecule has 4 rings (SSSR count). The second-order valence-corrected chi connectivity index (χ2v) is 11.0. The van der Waals surface area contributed by atoms with Crippen LogP contribution in [-0.4, -0.2) is 61.6 Å². The number of anilines is 2. The number of carbonyl (C=O) groups is 2. The molecular weight excluding hydrogens is 555 g/mol. The zero-order chi connectivity index (χ0) is 31.4. The Hall–Kier alpha value is -4.12. The Bertz CT molecular complexity index is 1570. The number of nitrogens with one attached hydrogen (secondary N) is 1. The van der Waals surface area contributed by atoms with E-state index in [0.717, 1.165) is 35.7 Å². The van der Waals surface area contributed by atoms with Gasteiger partial charge in [0.2, 0.25) is 5.43 Å². The van der Waals surface area contributed by atoms with Crippen molar-refractivity contribution < 1.29 is 28.6 Å². The quantitative estimate of drug-likeness (QED) is 0.267. The fraction of sp³-hybridized carbons (Fsp3) is 0.469. The van der Waals surface area contributed by atoms with Crippen molar-refractivity contribution in [2.75, 3.05) is 43.6 Å². The molecule has 1 fully saturated rings. The topological polar surface area (TPSA) is 113 Å².